The van der Waals surface area contributed by atoms with Crippen LogP contribution < -0.4 is 5.32 Å². The largest absolute Gasteiger partial charge is 0.386 e. The standard InChI is InChI=1S/C18H29N3O/c1-5-7-8-12-21(4)18(19-6-2)20-14-17(22)16-11-9-10-15(3)13-16/h5,9-11,13,17,22H,1,6-8,12,14H2,2-4H3,(H,19,20). The van der Waals surface area contributed by atoms with E-state index in [2.05, 4.69) is 21.8 Å². The quantitative estimate of drug-likeness (QED) is 0.336. The van der Waals surface area contributed by atoms with Crippen LogP contribution in [-0.4, -0.2) is 42.6 Å². The van der Waals surface area contributed by atoms with Crippen LogP contribution in [0.2, 0.25) is 0 Å². The van der Waals surface area contributed by atoms with Gasteiger partial charge in [0.2, 0.25) is 0 Å². The number of hydrogen-bond acceptors (Lipinski definition) is 2. The summed E-state index contributed by atoms with van der Waals surface area (Å²) in [4.78, 5) is 6.65. The van der Waals surface area contributed by atoms with Crippen LogP contribution in [-0.2, 0) is 0 Å². The van der Waals surface area contributed by atoms with Crippen LogP contribution in [0.4, 0.5) is 0 Å². The van der Waals surface area contributed by atoms with Gasteiger partial charge in [-0.3, -0.25) is 4.99 Å². The Morgan fingerprint density at radius 2 is 2.27 bits per heavy atom. The van der Waals surface area contributed by atoms with Crippen LogP contribution in [0.25, 0.3) is 0 Å². The number of unbranched alkanes of at least 4 members (excludes halogenated alkanes) is 1. The molecule has 1 aromatic rings. The molecule has 0 aliphatic rings. The van der Waals surface area contributed by atoms with Crippen molar-refractivity contribution >= 4 is 5.96 Å². The van der Waals surface area contributed by atoms with Crippen molar-refractivity contribution in [3.8, 4) is 0 Å². The van der Waals surface area contributed by atoms with E-state index in [-0.39, 0.29) is 0 Å². The summed E-state index contributed by atoms with van der Waals surface area (Å²) in [6.07, 6.45) is 3.40. The van der Waals surface area contributed by atoms with Crippen molar-refractivity contribution in [3.63, 3.8) is 0 Å². The summed E-state index contributed by atoms with van der Waals surface area (Å²) in [6, 6.07) is 7.93. The second kappa shape index (κ2) is 10.0. The Bertz CT molecular complexity index is 485. The first kappa shape index (κ1) is 18.2. The molecule has 1 atom stereocenters. The number of aliphatic hydroxyl groups excluding tert-OH is 1. The number of aliphatic hydroxyl groups is 1. The third-order valence-electron chi connectivity index (χ3n) is 3.44. The van der Waals surface area contributed by atoms with Crippen molar-refractivity contribution in [1.82, 2.24) is 10.2 Å². The van der Waals surface area contributed by atoms with Gasteiger partial charge in [0.1, 0.15) is 0 Å². The molecule has 0 aliphatic heterocycles. The zero-order valence-electron chi connectivity index (χ0n) is 14.0. The molecule has 0 saturated heterocycles. The van der Waals surface area contributed by atoms with Crippen molar-refractivity contribution < 1.29 is 5.11 Å². The highest BCUT2D eigenvalue weighted by atomic mass is 16.3. The van der Waals surface area contributed by atoms with Gasteiger partial charge < -0.3 is 15.3 Å². The number of rotatable bonds is 8. The second-order valence-corrected chi connectivity index (χ2v) is 5.48. The molecule has 0 aromatic heterocycles. The van der Waals surface area contributed by atoms with Gasteiger partial charge in [0, 0.05) is 20.1 Å². The first-order valence-electron chi connectivity index (χ1n) is 7.93. The number of nitrogens with one attached hydrogen (secondary N) is 1. The molecule has 22 heavy (non-hydrogen) atoms. The zero-order chi connectivity index (χ0) is 16.4. The number of hydrogen-bond donors (Lipinski definition) is 2. The van der Waals surface area contributed by atoms with Crippen LogP contribution in [0.3, 0.4) is 0 Å². The topological polar surface area (TPSA) is 47.9 Å². The molecule has 0 amide bonds. The van der Waals surface area contributed by atoms with Gasteiger partial charge >= 0.3 is 0 Å². The molecular weight excluding hydrogens is 274 g/mol. The summed E-state index contributed by atoms with van der Waals surface area (Å²) in [5.74, 6) is 0.832. The Morgan fingerprint density at radius 3 is 2.91 bits per heavy atom. The van der Waals surface area contributed by atoms with Gasteiger partial charge in [-0.1, -0.05) is 35.9 Å². The lowest BCUT2D eigenvalue weighted by molar-refractivity contribution is 0.186. The summed E-state index contributed by atoms with van der Waals surface area (Å²) in [7, 11) is 2.02. The lowest BCUT2D eigenvalue weighted by Crippen LogP contribution is -2.39. The monoisotopic (exact) mass is 303 g/mol. The molecule has 1 unspecified atom stereocenters. The highest BCUT2D eigenvalue weighted by Crippen LogP contribution is 2.14. The number of benzene rings is 1. The minimum atomic E-state index is -0.574. The smallest absolute Gasteiger partial charge is 0.193 e. The van der Waals surface area contributed by atoms with E-state index in [1.807, 2.05) is 51.2 Å². The predicted molar refractivity (Wildman–Crippen MR) is 94.2 cm³/mol. The van der Waals surface area contributed by atoms with Crippen molar-refractivity contribution in [2.75, 3.05) is 26.7 Å². The fourth-order valence-corrected chi connectivity index (χ4v) is 2.20. The van der Waals surface area contributed by atoms with Crippen molar-refractivity contribution in [3.05, 3.63) is 48.0 Å². The van der Waals surface area contributed by atoms with E-state index >= 15 is 0 Å². The highest BCUT2D eigenvalue weighted by Gasteiger charge is 2.09. The molecular formula is C18H29N3O. The van der Waals surface area contributed by atoms with E-state index in [0.29, 0.717) is 6.54 Å². The number of guanidine groups is 1. The molecule has 0 spiro atoms. The van der Waals surface area contributed by atoms with Crippen LogP contribution in [0.1, 0.15) is 37.0 Å². The molecule has 0 bridgehead atoms. The fraction of sp³-hybridized carbons (Fsp3) is 0.500. The summed E-state index contributed by atoms with van der Waals surface area (Å²) in [5.41, 5.74) is 2.06. The Kier molecular flexibility index (Phi) is 8.30. The number of aryl methyl sites for hydroxylation is 1. The third-order valence-corrected chi connectivity index (χ3v) is 3.44. The summed E-state index contributed by atoms with van der Waals surface area (Å²) >= 11 is 0. The Hall–Kier alpha value is -1.81. The number of aliphatic imine (C=N–C) groups is 1. The Morgan fingerprint density at radius 1 is 1.50 bits per heavy atom. The average Bonchev–Trinajstić information content (AvgIpc) is 2.51. The highest BCUT2D eigenvalue weighted by molar-refractivity contribution is 5.79. The molecule has 1 rings (SSSR count). The Labute approximate surface area is 134 Å². The van der Waals surface area contributed by atoms with Gasteiger partial charge in [0.25, 0.3) is 0 Å². The molecule has 4 heteroatoms. The molecule has 1 aromatic carbocycles. The van der Waals surface area contributed by atoms with E-state index in [0.717, 1.165) is 43.0 Å². The summed E-state index contributed by atoms with van der Waals surface area (Å²) in [5, 5.41) is 13.6. The molecule has 2 N–H and O–H groups in total. The SMILES string of the molecule is C=CCCCN(C)C(=NCC(O)c1cccc(C)c1)NCC. The lowest BCUT2D eigenvalue weighted by atomic mass is 10.1. The molecule has 0 saturated carbocycles. The maximum absolute atomic E-state index is 10.3. The van der Waals surface area contributed by atoms with Crippen molar-refractivity contribution in [1.29, 1.82) is 0 Å². The molecule has 4 nitrogen and oxygen atoms in total. The minimum Gasteiger partial charge on any atom is -0.386 e. The average molecular weight is 303 g/mol. The van der Waals surface area contributed by atoms with E-state index in [9.17, 15) is 5.11 Å². The number of allylic oxidation sites excluding steroid dienone is 1. The normalized spacial score (nSPS) is 12.8. The summed E-state index contributed by atoms with van der Waals surface area (Å²) < 4.78 is 0. The van der Waals surface area contributed by atoms with Gasteiger partial charge in [0.05, 0.1) is 12.6 Å². The van der Waals surface area contributed by atoms with Gasteiger partial charge in [-0.15, -0.1) is 6.58 Å². The van der Waals surface area contributed by atoms with E-state index in [4.69, 9.17) is 0 Å². The lowest BCUT2D eigenvalue weighted by Gasteiger charge is -2.22. The first-order chi connectivity index (χ1) is 10.6. The number of nitrogens with zero attached hydrogens (tertiary/aromatic N) is 2. The van der Waals surface area contributed by atoms with E-state index in [1.165, 1.54) is 0 Å². The minimum absolute atomic E-state index is 0.359. The Balaban J connectivity index is 2.65. The molecule has 0 aliphatic carbocycles. The maximum atomic E-state index is 10.3. The fourth-order valence-electron chi connectivity index (χ4n) is 2.20. The second-order valence-electron chi connectivity index (χ2n) is 5.48. The van der Waals surface area contributed by atoms with Gasteiger partial charge in [0.15, 0.2) is 5.96 Å². The maximum Gasteiger partial charge on any atom is 0.193 e. The molecule has 0 radical (unpaired) electrons. The third kappa shape index (κ3) is 6.31. The van der Waals surface area contributed by atoms with E-state index in [1.54, 1.807) is 0 Å². The van der Waals surface area contributed by atoms with Crippen LogP contribution in [0, 0.1) is 6.92 Å². The predicted octanol–water partition coefficient (Wildman–Crippen LogP) is 2.89. The first-order valence-corrected chi connectivity index (χ1v) is 7.93. The molecule has 0 fully saturated rings. The van der Waals surface area contributed by atoms with Gasteiger partial charge in [-0.25, -0.2) is 0 Å². The molecule has 122 valence electrons. The van der Waals surface area contributed by atoms with Crippen molar-refractivity contribution in [2.24, 2.45) is 4.99 Å². The van der Waals surface area contributed by atoms with Gasteiger partial charge in [-0.05, 0) is 32.3 Å². The van der Waals surface area contributed by atoms with Crippen LogP contribution >= 0.6 is 0 Å². The van der Waals surface area contributed by atoms with Crippen molar-refractivity contribution in [2.45, 2.75) is 32.8 Å². The zero-order valence-corrected chi connectivity index (χ0v) is 14.0. The van der Waals surface area contributed by atoms with Crippen LogP contribution in [0.5, 0.6) is 0 Å². The van der Waals surface area contributed by atoms with E-state index < -0.39 is 6.10 Å². The van der Waals surface area contributed by atoms with Crippen LogP contribution in [0.15, 0.2) is 41.9 Å². The summed E-state index contributed by atoms with van der Waals surface area (Å²) in [6.45, 7) is 9.90. The van der Waals surface area contributed by atoms with Gasteiger partial charge in [-0.2, -0.15) is 0 Å². The molecule has 0 heterocycles.